The third-order valence-corrected chi connectivity index (χ3v) is 3.63. The molecule has 3 nitrogen and oxygen atoms in total. The van der Waals surface area contributed by atoms with Crippen LogP contribution in [0.1, 0.15) is 49.0 Å². The number of hydrogen-bond acceptors (Lipinski definition) is 2. The van der Waals surface area contributed by atoms with Crippen molar-refractivity contribution in [3.05, 3.63) is 29.3 Å². The maximum absolute atomic E-state index is 12.0. The quantitative estimate of drug-likeness (QED) is 0.783. The van der Waals surface area contributed by atoms with Gasteiger partial charge in [0.1, 0.15) is 0 Å². The van der Waals surface area contributed by atoms with E-state index < -0.39 is 0 Å². The standard InChI is InChI=1S/C14H17O3/c15-11-5-1-4-10(12-6-2-8-16-12)14(11)13-7-3-9-17-13/h1,4-5,12-13H,2-3,6-9H2. The average Bonchev–Trinajstić information content (AvgIpc) is 3.02. The van der Waals surface area contributed by atoms with Gasteiger partial charge in [-0.15, -0.1) is 0 Å². The molecule has 2 fully saturated rings. The highest BCUT2D eigenvalue weighted by Gasteiger charge is 2.29. The molecule has 91 valence electrons. The number of hydrogen-bond donors (Lipinski definition) is 0. The van der Waals surface area contributed by atoms with Gasteiger partial charge in [-0.25, -0.2) is 0 Å². The predicted molar refractivity (Wildman–Crippen MR) is 62.4 cm³/mol. The van der Waals surface area contributed by atoms with E-state index in [2.05, 4.69) is 0 Å². The van der Waals surface area contributed by atoms with Crippen LogP contribution in [0.25, 0.3) is 0 Å². The zero-order valence-corrected chi connectivity index (χ0v) is 9.85. The molecule has 17 heavy (non-hydrogen) atoms. The van der Waals surface area contributed by atoms with Crippen molar-refractivity contribution in [3.63, 3.8) is 0 Å². The van der Waals surface area contributed by atoms with Crippen LogP contribution in [-0.4, -0.2) is 13.2 Å². The van der Waals surface area contributed by atoms with Gasteiger partial charge in [-0.2, -0.15) is 0 Å². The lowest BCUT2D eigenvalue weighted by Crippen LogP contribution is -2.06. The Morgan fingerprint density at radius 3 is 2.35 bits per heavy atom. The van der Waals surface area contributed by atoms with Gasteiger partial charge in [0.25, 0.3) is 0 Å². The van der Waals surface area contributed by atoms with Crippen LogP contribution in [-0.2, 0) is 14.6 Å². The molecule has 2 heterocycles. The van der Waals surface area contributed by atoms with E-state index >= 15 is 0 Å². The van der Waals surface area contributed by atoms with Crippen molar-refractivity contribution in [2.24, 2.45) is 0 Å². The number of ether oxygens (including phenoxy) is 2. The molecule has 0 N–H and O–H groups in total. The molecule has 0 amide bonds. The van der Waals surface area contributed by atoms with Crippen LogP contribution < -0.4 is 0 Å². The summed E-state index contributed by atoms with van der Waals surface area (Å²) in [6, 6.07) is 5.49. The van der Waals surface area contributed by atoms with Crippen molar-refractivity contribution in [2.45, 2.75) is 37.9 Å². The highest BCUT2D eigenvalue weighted by molar-refractivity contribution is 5.42. The normalized spacial score (nSPS) is 28.7. The van der Waals surface area contributed by atoms with Gasteiger partial charge in [0, 0.05) is 18.8 Å². The number of benzene rings is 1. The van der Waals surface area contributed by atoms with Gasteiger partial charge in [-0.1, -0.05) is 12.1 Å². The summed E-state index contributed by atoms with van der Waals surface area (Å²) in [5.74, 6) is 0.102. The molecule has 1 radical (unpaired) electrons. The van der Waals surface area contributed by atoms with Gasteiger partial charge in [-0.05, 0) is 37.3 Å². The lowest BCUT2D eigenvalue weighted by Gasteiger charge is -2.19. The molecule has 0 spiro atoms. The molecule has 0 aromatic heterocycles. The molecular weight excluding hydrogens is 216 g/mol. The highest BCUT2D eigenvalue weighted by atomic mass is 16.5. The second kappa shape index (κ2) is 4.67. The SMILES string of the molecule is [O]c1cccc(C2CCCO2)c1C1CCCO1. The molecule has 2 saturated heterocycles. The van der Waals surface area contributed by atoms with Crippen LogP contribution in [0, 0.1) is 0 Å². The third-order valence-electron chi connectivity index (χ3n) is 3.63. The lowest BCUT2D eigenvalue weighted by molar-refractivity contribution is 0.0913. The van der Waals surface area contributed by atoms with E-state index in [1.165, 1.54) is 0 Å². The molecule has 0 bridgehead atoms. The van der Waals surface area contributed by atoms with E-state index in [1.54, 1.807) is 6.07 Å². The molecule has 0 saturated carbocycles. The Kier molecular flexibility index (Phi) is 3.04. The molecular formula is C14H17O3. The summed E-state index contributed by atoms with van der Waals surface area (Å²) in [5.41, 5.74) is 1.90. The minimum Gasteiger partial charge on any atom is -0.374 e. The first-order valence-electron chi connectivity index (χ1n) is 6.39. The fraction of sp³-hybridized carbons (Fsp3) is 0.571. The van der Waals surface area contributed by atoms with Crippen molar-refractivity contribution in [3.8, 4) is 5.75 Å². The lowest BCUT2D eigenvalue weighted by atomic mass is 9.94. The fourth-order valence-corrected chi connectivity index (χ4v) is 2.81. The molecule has 3 rings (SSSR count). The molecule has 2 unspecified atom stereocenters. The molecule has 2 aliphatic rings. The van der Waals surface area contributed by atoms with Crippen LogP contribution >= 0.6 is 0 Å². The minimum absolute atomic E-state index is 0.0112. The molecule has 1 aromatic rings. The van der Waals surface area contributed by atoms with E-state index in [-0.39, 0.29) is 18.0 Å². The number of rotatable bonds is 2. The highest BCUT2D eigenvalue weighted by Crippen LogP contribution is 2.42. The maximum atomic E-state index is 12.0. The molecule has 2 aliphatic heterocycles. The molecule has 3 heteroatoms. The van der Waals surface area contributed by atoms with Crippen LogP contribution in [0.5, 0.6) is 5.75 Å². The van der Waals surface area contributed by atoms with Gasteiger partial charge in [-0.3, -0.25) is 5.11 Å². The Balaban J connectivity index is 1.98. The largest absolute Gasteiger partial charge is 0.374 e. The van der Waals surface area contributed by atoms with Crippen molar-refractivity contribution >= 4 is 0 Å². The summed E-state index contributed by atoms with van der Waals surface area (Å²) in [4.78, 5) is 0. The van der Waals surface area contributed by atoms with Gasteiger partial charge in [0.05, 0.1) is 12.2 Å². The second-order valence-electron chi connectivity index (χ2n) is 4.76. The zero-order chi connectivity index (χ0) is 11.7. The molecule has 0 aliphatic carbocycles. The Morgan fingerprint density at radius 1 is 1.00 bits per heavy atom. The minimum atomic E-state index is -0.0112. The van der Waals surface area contributed by atoms with Crippen LogP contribution in [0.2, 0.25) is 0 Å². The second-order valence-corrected chi connectivity index (χ2v) is 4.76. The van der Waals surface area contributed by atoms with Crippen molar-refractivity contribution < 1.29 is 14.6 Å². The summed E-state index contributed by atoms with van der Waals surface area (Å²) in [6.45, 7) is 1.57. The maximum Gasteiger partial charge on any atom is 0.184 e. The monoisotopic (exact) mass is 233 g/mol. The summed E-state index contributed by atoms with van der Waals surface area (Å²) >= 11 is 0. The van der Waals surface area contributed by atoms with E-state index in [9.17, 15) is 5.11 Å². The topological polar surface area (TPSA) is 38.4 Å². The van der Waals surface area contributed by atoms with Gasteiger partial charge < -0.3 is 9.47 Å². The summed E-state index contributed by atoms with van der Waals surface area (Å²) < 4.78 is 11.4. The Hall–Kier alpha value is -1.06. The first-order chi connectivity index (χ1) is 8.36. The Labute approximate surface area is 101 Å². The van der Waals surface area contributed by atoms with Crippen LogP contribution in [0.3, 0.4) is 0 Å². The van der Waals surface area contributed by atoms with Crippen LogP contribution in [0.15, 0.2) is 18.2 Å². The fourth-order valence-electron chi connectivity index (χ4n) is 2.81. The first-order valence-corrected chi connectivity index (χ1v) is 6.39. The molecule has 2 atom stereocenters. The summed E-state index contributed by atoms with van der Waals surface area (Å²) in [5, 5.41) is 12.0. The van der Waals surface area contributed by atoms with E-state index in [4.69, 9.17) is 9.47 Å². The van der Waals surface area contributed by atoms with E-state index in [1.807, 2.05) is 12.1 Å². The third kappa shape index (κ3) is 2.05. The Morgan fingerprint density at radius 2 is 1.71 bits per heavy atom. The van der Waals surface area contributed by atoms with Crippen molar-refractivity contribution in [1.29, 1.82) is 0 Å². The van der Waals surface area contributed by atoms with Gasteiger partial charge in [0.2, 0.25) is 0 Å². The predicted octanol–water partition coefficient (Wildman–Crippen LogP) is 3.53. The van der Waals surface area contributed by atoms with Gasteiger partial charge >= 0.3 is 0 Å². The van der Waals surface area contributed by atoms with E-state index in [0.29, 0.717) is 0 Å². The smallest absolute Gasteiger partial charge is 0.184 e. The first kappa shape index (κ1) is 11.1. The van der Waals surface area contributed by atoms with Gasteiger partial charge in [0.15, 0.2) is 5.75 Å². The van der Waals surface area contributed by atoms with E-state index in [0.717, 1.165) is 50.0 Å². The van der Waals surface area contributed by atoms with Crippen molar-refractivity contribution in [1.82, 2.24) is 0 Å². The average molecular weight is 233 g/mol. The molecule has 1 aromatic carbocycles. The summed E-state index contributed by atoms with van der Waals surface area (Å²) in [6.07, 6.45) is 4.19. The Bertz CT molecular complexity index is 390. The summed E-state index contributed by atoms with van der Waals surface area (Å²) in [7, 11) is 0. The zero-order valence-electron chi connectivity index (χ0n) is 9.85. The van der Waals surface area contributed by atoms with Crippen molar-refractivity contribution in [2.75, 3.05) is 13.2 Å². The van der Waals surface area contributed by atoms with Crippen LogP contribution in [0.4, 0.5) is 0 Å².